The highest BCUT2D eigenvalue weighted by Crippen LogP contribution is 2.52. The van der Waals surface area contributed by atoms with E-state index < -0.39 is 42.9 Å². The van der Waals surface area contributed by atoms with Gasteiger partial charge in [0, 0.05) is 31.2 Å². The summed E-state index contributed by atoms with van der Waals surface area (Å²) in [5, 5.41) is 43.4. The number of carboxylic acids is 1. The molecule has 3 heterocycles. The summed E-state index contributed by atoms with van der Waals surface area (Å²) in [5.74, 6) is -0.907. The van der Waals surface area contributed by atoms with Gasteiger partial charge in [-0.15, -0.1) is 0 Å². The quantitative estimate of drug-likeness (QED) is 0.448. The number of fused-ring (bicyclic) bond motifs is 2. The maximum absolute atomic E-state index is 11.5. The number of hydrogen-bond acceptors (Lipinski definition) is 8. The molecule has 8 unspecified atom stereocenters. The highest BCUT2D eigenvalue weighted by Gasteiger charge is 2.51. The Morgan fingerprint density at radius 1 is 1.17 bits per heavy atom. The van der Waals surface area contributed by atoms with E-state index in [1.807, 2.05) is 0 Å². The summed E-state index contributed by atoms with van der Waals surface area (Å²) in [6.07, 6.45) is -5.28. The summed E-state index contributed by atoms with van der Waals surface area (Å²) in [6, 6.07) is 6.38. The molecule has 1 aliphatic carbocycles. The number of aliphatic carboxylic acids is 1. The number of carboxylic acid groups (broad SMARTS) is 1. The van der Waals surface area contributed by atoms with Gasteiger partial charge in [0.2, 0.25) is 0 Å². The number of benzene rings is 1. The molecular weight excluding hydrogens is 392 g/mol. The molecule has 0 bridgehead atoms. The predicted molar refractivity (Wildman–Crippen MR) is 105 cm³/mol. The molecule has 2 fully saturated rings. The lowest BCUT2D eigenvalue weighted by Gasteiger charge is -2.48. The van der Waals surface area contributed by atoms with Gasteiger partial charge >= 0.3 is 5.97 Å². The topological polar surface area (TPSA) is 132 Å². The second-order valence-electron chi connectivity index (χ2n) is 8.69. The van der Waals surface area contributed by atoms with Crippen molar-refractivity contribution in [2.24, 2.45) is 5.92 Å². The average molecular weight is 420 g/mol. The minimum absolute atomic E-state index is 0.175. The molecule has 8 atom stereocenters. The Bertz CT molecular complexity index is 821. The molecule has 0 radical (unpaired) electrons. The van der Waals surface area contributed by atoms with Crippen LogP contribution in [0.15, 0.2) is 18.2 Å². The highest BCUT2D eigenvalue weighted by atomic mass is 16.7. The van der Waals surface area contributed by atoms with Crippen LogP contribution in [0.2, 0.25) is 0 Å². The molecule has 9 heteroatoms. The van der Waals surface area contributed by atoms with Gasteiger partial charge in [0.05, 0.1) is 0 Å². The number of aliphatic hydroxyl groups is 3. The zero-order valence-electron chi connectivity index (χ0n) is 16.6. The number of rotatable bonds is 3. The number of hydrogen-bond donors (Lipinski definition) is 5. The van der Waals surface area contributed by atoms with Crippen LogP contribution in [0.1, 0.15) is 36.3 Å². The molecule has 0 spiro atoms. The molecule has 30 heavy (non-hydrogen) atoms. The number of carbonyl (C=O) groups is 1. The monoisotopic (exact) mass is 420 g/mol. The van der Waals surface area contributed by atoms with E-state index in [1.54, 1.807) is 0 Å². The summed E-state index contributed by atoms with van der Waals surface area (Å²) in [7, 11) is 0. The van der Waals surface area contributed by atoms with Gasteiger partial charge in [-0.25, -0.2) is 4.79 Å². The van der Waals surface area contributed by atoms with E-state index in [-0.39, 0.29) is 5.92 Å². The Morgan fingerprint density at radius 2 is 2.00 bits per heavy atom. The maximum Gasteiger partial charge on any atom is 0.335 e. The summed E-state index contributed by atoms with van der Waals surface area (Å²) in [4.78, 5) is 13.7. The van der Waals surface area contributed by atoms with Crippen molar-refractivity contribution in [3.63, 3.8) is 0 Å². The maximum atomic E-state index is 11.5. The van der Waals surface area contributed by atoms with Gasteiger partial charge in [-0.1, -0.05) is 24.6 Å². The van der Waals surface area contributed by atoms with E-state index in [0.29, 0.717) is 12.5 Å². The van der Waals surface area contributed by atoms with Gasteiger partial charge in [0.15, 0.2) is 12.4 Å². The fourth-order valence-electron chi connectivity index (χ4n) is 5.62. The van der Waals surface area contributed by atoms with Crippen LogP contribution in [-0.4, -0.2) is 76.4 Å². The van der Waals surface area contributed by atoms with Crippen molar-refractivity contribution in [3.05, 3.63) is 29.3 Å². The van der Waals surface area contributed by atoms with Crippen LogP contribution in [-0.2, 0) is 20.8 Å². The highest BCUT2D eigenvalue weighted by molar-refractivity contribution is 5.73. The molecule has 164 valence electrons. The molecule has 0 aromatic heterocycles. The zero-order chi connectivity index (χ0) is 21.0. The lowest BCUT2D eigenvalue weighted by atomic mass is 9.81. The van der Waals surface area contributed by atoms with E-state index in [4.69, 9.17) is 9.47 Å². The second-order valence-corrected chi connectivity index (χ2v) is 8.69. The van der Waals surface area contributed by atoms with Crippen molar-refractivity contribution in [3.8, 4) is 0 Å². The minimum atomic E-state index is -1.72. The fraction of sp³-hybridized carbons (Fsp3) is 0.667. The average Bonchev–Trinajstić information content (AvgIpc) is 3.12. The molecule has 4 aliphatic rings. The molecule has 1 aromatic rings. The van der Waals surface area contributed by atoms with E-state index in [1.165, 1.54) is 11.1 Å². The van der Waals surface area contributed by atoms with Gasteiger partial charge in [-0.05, 0) is 29.9 Å². The van der Waals surface area contributed by atoms with Crippen LogP contribution in [0.3, 0.4) is 0 Å². The largest absolute Gasteiger partial charge is 0.479 e. The van der Waals surface area contributed by atoms with Crippen molar-refractivity contribution in [2.45, 2.75) is 68.7 Å². The lowest BCUT2D eigenvalue weighted by molar-refractivity contribution is -0.308. The molecule has 1 saturated heterocycles. The van der Waals surface area contributed by atoms with E-state index in [2.05, 4.69) is 28.4 Å². The minimum Gasteiger partial charge on any atom is -0.479 e. The number of aliphatic hydroxyl groups excluding tert-OH is 3. The lowest BCUT2D eigenvalue weighted by Crippen LogP contribution is -2.62. The number of ether oxygens (including phenoxy) is 2. The predicted octanol–water partition coefficient (Wildman–Crippen LogP) is -0.272. The van der Waals surface area contributed by atoms with E-state index in [0.717, 1.165) is 38.0 Å². The second kappa shape index (κ2) is 7.74. The molecular formula is C21H28N2O7. The third kappa shape index (κ3) is 3.12. The molecule has 5 N–H and O–H groups in total. The third-order valence-electron chi connectivity index (χ3n) is 7.01. The Balaban J connectivity index is 1.49. The molecule has 1 aromatic carbocycles. The van der Waals surface area contributed by atoms with Gasteiger partial charge < -0.3 is 40.1 Å². The Labute approximate surface area is 174 Å². The van der Waals surface area contributed by atoms with Crippen molar-refractivity contribution in [1.29, 1.82) is 0 Å². The van der Waals surface area contributed by atoms with Crippen LogP contribution in [0.4, 0.5) is 5.69 Å². The first-order valence-electron chi connectivity index (χ1n) is 10.6. The molecule has 0 amide bonds. The van der Waals surface area contributed by atoms with Crippen molar-refractivity contribution < 1.29 is 34.7 Å². The van der Waals surface area contributed by atoms with Gasteiger partial charge in [-0.3, -0.25) is 0 Å². The Morgan fingerprint density at radius 3 is 2.80 bits per heavy atom. The first-order chi connectivity index (χ1) is 14.5. The van der Waals surface area contributed by atoms with Crippen LogP contribution in [0.5, 0.6) is 0 Å². The molecule has 3 aliphatic heterocycles. The van der Waals surface area contributed by atoms with Crippen LogP contribution < -0.4 is 10.2 Å². The van der Waals surface area contributed by atoms with Gasteiger partial charge in [0.25, 0.3) is 0 Å². The zero-order valence-corrected chi connectivity index (χ0v) is 16.6. The molecule has 9 nitrogen and oxygen atoms in total. The number of nitrogens with zero attached hydrogens (tertiary/aromatic N) is 1. The smallest absolute Gasteiger partial charge is 0.335 e. The summed E-state index contributed by atoms with van der Waals surface area (Å²) < 4.78 is 11.7. The first kappa shape index (κ1) is 20.2. The number of anilines is 1. The SMILES string of the molecule is O=C(O)C1OC(OC2C3CCCC3c3cccc4c3N2CCNC4)C(O)C(O)C1O. The first-order valence-corrected chi connectivity index (χ1v) is 10.6. The van der Waals surface area contributed by atoms with Crippen molar-refractivity contribution in [1.82, 2.24) is 5.32 Å². The van der Waals surface area contributed by atoms with Crippen LogP contribution in [0.25, 0.3) is 0 Å². The standard InChI is InChI=1S/C21H28N2O7/c24-15-16(25)18(20(27)28)29-21(17(15)26)30-19-13-6-2-4-11(13)12-5-1-3-10-9-22-7-8-23(19)14(10)12/h1,3,5,11,13,15-19,21-22,24-26H,2,4,6-9H2,(H,27,28). The normalized spacial score (nSPS) is 40.4. The van der Waals surface area contributed by atoms with Crippen molar-refractivity contribution in [2.75, 3.05) is 18.0 Å². The van der Waals surface area contributed by atoms with Gasteiger partial charge in [-0.2, -0.15) is 0 Å². The molecule has 5 rings (SSSR count). The number of nitrogens with one attached hydrogen (secondary N) is 1. The van der Waals surface area contributed by atoms with Crippen LogP contribution in [0, 0.1) is 5.92 Å². The van der Waals surface area contributed by atoms with E-state index in [9.17, 15) is 25.2 Å². The Hall–Kier alpha value is -1.75. The van der Waals surface area contributed by atoms with Crippen molar-refractivity contribution >= 4 is 11.7 Å². The fourth-order valence-corrected chi connectivity index (χ4v) is 5.62. The Kier molecular flexibility index (Phi) is 5.20. The van der Waals surface area contributed by atoms with E-state index >= 15 is 0 Å². The van der Waals surface area contributed by atoms with Gasteiger partial charge in [0.1, 0.15) is 24.5 Å². The molecule has 1 saturated carbocycles. The summed E-state index contributed by atoms with van der Waals surface area (Å²) in [6.45, 7) is 2.23. The third-order valence-corrected chi connectivity index (χ3v) is 7.01. The summed E-state index contributed by atoms with van der Waals surface area (Å²) in [5.41, 5.74) is 3.66. The van der Waals surface area contributed by atoms with Crippen LogP contribution >= 0.6 is 0 Å². The number of para-hydroxylation sites is 1. The summed E-state index contributed by atoms with van der Waals surface area (Å²) >= 11 is 0.